The van der Waals surface area contributed by atoms with Gasteiger partial charge in [0.1, 0.15) is 11.6 Å². The van der Waals surface area contributed by atoms with Crippen LogP contribution in [-0.4, -0.2) is 40.3 Å². The van der Waals surface area contributed by atoms with E-state index in [4.69, 9.17) is 0 Å². The average molecular weight is 467 g/mol. The van der Waals surface area contributed by atoms with Crippen molar-refractivity contribution in [3.63, 3.8) is 0 Å². The van der Waals surface area contributed by atoms with Crippen molar-refractivity contribution < 1.29 is 13.6 Å². The number of hydrogen-bond acceptors (Lipinski definition) is 3. The molecule has 2 aromatic rings. The third-order valence-corrected chi connectivity index (χ3v) is 9.53. The van der Waals surface area contributed by atoms with Gasteiger partial charge >= 0.3 is 6.03 Å². The number of nitrogens with zero attached hydrogens (tertiary/aromatic N) is 3. The number of amides is 2. The fraction of sp³-hybridized carbons (Fsp3) is 0.593. The Labute approximate surface area is 199 Å². The van der Waals surface area contributed by atoms with E-state index in [9.17, 15) is 13.6 Å². The smallest absolute Gasteiger partial charge is 0.317 e. The highest BCUT2D eigenvalue weighted by molar-refractivity contribution is 5.75. The molecule has 2 amide bonds. The molecule has 34 heavy (non-hydrogen) atoms. The summed E-state index contributed by atoms with van der Waals surface area (Å²) in [7, 11) is 0. The molecule has 1 saturated heterocycles. The summed E-state index contributed by atoms with van der Waals surface area (Å²) in [4.78, 5) is 15.0. The highest BCUT2D eigenvalue weighted by atomic mass is 19.1. The maximum absolute atomic E-state index is 14.5. The van der Waals surface area contributed by atoms with E-state index in [0.29, 0.717) is 12.0 Å². The summed E-state index contributed by atoms with van der Waals surface area (Å²) in [5, 5.41) is 12.2. The molecule has 1 aromatic carbocycles. The molecule has 3 fully saturated rings. The van der Waals surface area contributed by atoms with Crippen LogP contribution in [0.3, 0.4) is 0 Å². The standard InChI is InChI=1S/C27H32F2N4O/c1-26(2)19-11-12-27(26,16-6-5-13-33(15-16)25(34)30-17-7-3-8-17)24-18(19)14-22(31-32-24)23-20(28)9-4-10-21(23)29/h4,9-10,14,16-17,19H,3,5-8,11-13,15H2,1-2H3,(H,30,34). The molecule has 180 valence electrons. The lowest BCUT2D eigenvalue weighted by Gasteiger charge is -2.48. The van der Waals surface area contributed by atoms with Gasteiger partial charge in [0.15, 0.2) is 0 Å². The first-order chi connectivity index (χ1) is 16.3. The van der Waals surface area contributed by atoms with Crippen molar-refractivity contribution in [1.29, 1.82) is 0 Å². The van der Waals surface area contributed by atoms with Gasteiger partial charge in [0.05, 0.1) is 17.0 Å². The molecular weight excluding hydrogens is 434 g/mol. The van der Waals surface area contributed by atoms with Crippen molar-refractivity contribution in [3.8, 4) is 11.3 Å². The highest BCUT2D eigenvalue weighted by Crippen LogP contribution is 2.70. The summed E-state index contributed by atoms with van der Waals surface area (Å²) in [5.74, 6) is -0.677. The number of halogens is 2. The quantitative estimate of drug-likeness (QED) is 0.645. The molecule has 4 aliphatic rings. The first-order valence-corrected chi connectivity index (χ1v) is 12.7. The number of piperidine rings is 1. The van der Waals surface area contributed by atoms with E-state index in [1.165, 1.54) is 24.6 Å². The minimum atomic E-state index is -0.619. The Morgan fingerprint density at radius 1 is 1.09 bits per heavy atom. The van der Waals surface area contributed by atoms with Gasteiger partial charge in [0, 0.05) is 24.5 Å². The minimum Gasteiger partial charge on any atom is -0.335 e. The largest absolute Gasteiger partial charge is 0.335 e. The number of hydrogen-bond donors (Lipinski definition) is 1. The number of carbonyl (C=O) groups excluding carboxylic acids is 1. The topological polar surface area (TPSA) is 58.1 Å². The van der Waals surface area contributed by atoms with Crippen molar-refractivity contribution >= 4 is 6.03 Å². The second-order valence-corrected chi connectivity index (χ2v) is 11.3. The van der Waals surface area contributed by atoms with Crippen LogP contribution in [0.2, 0.25) is 0 Å². The molecule has 3 unspecified atom stereocenters. The summed E-state index contributed by atoms with van der Waals surface area (Å²) in [6, 6.07) is 6.15. The monoisotopic (exact) mass is 466 g/mol. The first kappa shape index (κ1) is 21.9. The van der Waals surface area contributed by atoms with Crippen LogP contribution >= 0.6 is 0 Å². The van der Waals surface area contributed by atoms with Gasteiger partial charge in [-0.25, -0.2) is 13.6 Å². The van der Waals surface area contributed by atoms with Crippen LogP contribution < -0.4 is 5.32 Å². The van der Waals surface area contributed by atoms with E-state index in [1.807, 2.05) is 11.0 Å². The van der Waals surface area contributed by atoms with Crippen LogP contribution in [0.15, 0.2) is 24.3 Å². The Bertz CT molecular complexity index is 1130. The van der Waals surface area contributed by atoms with Crippen LogP contribution in [0, 0.1) is 23.0 Å². The predicted molar refractivity (Wildman–Crippen MR) is 125 cm³/mol. The summed E-state index contributed by atoms with van der Waals surface area (Å²) < 4.78 is 29.0. The Morgan fingerprint density at radius 2 is 1.85 bits per heavy atom. The lowest BCUT2D eigenvalue weighted by atomic mass is 9.59. The van der Waals surface area contributed by atoms with Gasteiger partial charge in [-0.2, -0.15) is 10.2 Å². The average Bonchev–Trinajstić information content (AvgIpc) is 3.17. The second-order valence-electron chi connectivity index (χ2n) is 11.3. The number of nitrogens with one attached hydrogen (secondary N) is 1. The van der Waals surface area contributed by atoms with Gasteiger partial charge in [-0.3, -0.25) is 0 Å². The Kier molecular flexibility index (Phi) is 4.98. The zero-order valence-electron chi connectivity index (χ0n) is 19.9. The number of fused-ring (bicyclic) bond motifs is 5. The maximum atomic E-state index is 14.5. The molecule has 2 heterocycles. The van der Waals surface area contributed by atoms with Crippen molar-refractivity contribution in [3.05, 3.63) is 47.2 Å². The van der Waals surface area contributed by atoms with E-state index >= 15 is 0 Å². The fourth-order valence-electron chi connectivity index (χ4n) is 7.52. The Morgan fingerprint density at radius 3 is 2.56 bits per heavy atom. The maximum Gasteiger partial charge on any atom is 0.317 e. The molecule has 1 aromatic heterocycles. The minimum absolute atomic E-state index is 0.0610. The van der Waals surface area contributed by atoms with E-state index in [-0.39, 0.29) is 34.0 Å². The molecule has 2 saturated carbocycles. The molecule has 3 atom stereocenters. The number of likely N-dealkylation sites (tertiary alicyclic amines) is 1. The molecular formula is C27H32F2N4O. The van der Waals surface area contributed by atoms with Crippen LogP contribution in [0.5, 0.6) is 0 Å². The third-order valence-electron chi connectivity index (χ3n) is 9.53. The van der Waals surface area contributed by atoms with Crippen molar-refractivity contribution in [2.45, 2.75) is 76.2 Å². The molecule has 0 radical (unpaired) electrons. The van der Waals surface area contributed by atoms with Gasteiger partial charge in [-0.05, 0) is 86.0 Å². The number of benzene rings is 1. The van der Waals surface area contributed by atoms with E-state index < -0.39 is 11.6 Å². The summed E-state index contributed by atoms with van der Waals surface area (Å²) in [6.45, 7) is 6.13. The molecule has 0 spiro atoms. The van der Waals surface area contributed by atoms with Crippen LogP contribution in [0.25, 0.3) is 11.3 Å². The molecule has 6 rings (SSSR count). The molecule has 1 aliphatic heterocycles. The van der Waals surface area contributed by atoms with Crippen LogP contribution in [-0.2, 0) is 5.41 Å². The molecule has 5 nitrogen and oxygen atoms in total. The number of carbonyl (C=O) groups is 1. The zero-order valence-corrected chi connectivity index (χ0v) is 19.9. The van der Waals surface area contributed by atoms with Crippen LogP contribution in [0.4, 0.5) is 13.6 Å². The first-order valence-electron chi connectivity index (χ1n) is 12.7. The summed E-state index contributed by atoms with van der Waals surface area (Å²) >= 11 is 0. The van der Waals surface area contributed by atoms with Crippen LogP contribution in [0.1, 0.15) is 76.0 Å². The molecule has 7 heteroatoms. The third kappa shape index (κ3) is 2.97. The van der Waals surface area contributed by atoms with E-state index in [0.717, 1.165) is 62.9 Å². The predicted octanol–water partition coefficient (Wildman–Crippen LogP) is 5.55. The van der Waals surface area contributed by atoms with Gasteiger partial charge in [0.2, 0.25) is 0 Å². The van der Waals surface area contributed by atoms with Crippen molar-refractivity contribution in [2.24, 2.45) is 11.3 Å². The van der Waals surface area contributed by atoms with Gasteiger partial charge in [-0.1, -0.05) is 19.9 Å². The van der Waals surface area contributed by atoms with Gasteiger partial charge in [-0.15, -0.1) is 0 Å². The zero-order chi connectivity index (χ0) is 23.7. The highest BCUT2D eigenvalue weighted by Gasteiger charge is 2.66. The molecule has 1 N–H and O–H groups in total. The van der Waals surface area contributed by atoms with Crippen molar-refractivity contribution in [2.75, 3.05) is 13.1 Å². The lowest BCUT2D eigenvalue weighted by Crippen LogP contribution is -2.55. The Balaban J connectivity index is 1.35. The summed E-state index contributed by atoms with van der Waals surface area (Å²) in [6.07, 6.45) is 7.42. The van der Waals surface area contributed by atoms with E-state index in [2.05, 4.69) is 29.4 Å². The van der Waals surface area contributed by atoms with Gasteiger partial charge < -0.3 is 10.2 Å². The van der Waals surface area contributed by atoms with E-state index in [1.54, 1.807) is 0 Å². The molecule has 3 aliphatic carbocycles. The second kappa shape index (κ2) is 7.72. The van der Waals surface area contributed by atoms with Gasteiger partial charge in [0.25, 0.3) is 0 Å². The summed E-state index contributed by atoms with van der Waals surface area (Å²) in [5.41, 5.74) is 1.98. The normalized spacial score (nSPS) is 29.6. The lowest BCUT2D eigenvalue weighted by molar-refractivity contribution is 0.0664. The number of rotatable bonds is 3. The number of urea groups is 1. The fourth-order valence-corrected chi connectivity index (χ4v) is 7.52. The molecule has 2 bridgehead atoms. The Hall–Kier alpha value is -2.57. The SMILES string of the molecule is CC1(C)C2CCC1(C1CCCN(C(=O)NC3CCC3)C1)c1nnc(-c3c(F)cccc3F)cc12. The van der Waals surface area contributed by atoms with Crippen molar-refractivity contribution in [1.82, 2.24) is 20.4 Å². The number of aromatic nitrogens is 2.